The quantitative estimate of drug-likeness (QED) is 0.0550. The zero-order valence-corrected chi connectivity index (χ0v) is 34.1. The highest BCUT2D eigenvalue weighted by Gasteiger charge is 2.29. The minimum Gasteiger partial charge on any atom is -0.392 e. The van der Waals surface area contributed by atoms with E-state index in [-0.39, 0.29) is 89.5 Å². The number of amides is 7. The largest absolute Gasteiger partial charge is 0.392 e. The van der Waals surface area contributed by atoms with E-state index in [1.807, 2.05) is 48.5 Å². The Labute approximate surface area is 350 Å². The first-order valence-electron chi connectivity index (χ1n) is 20.0. The van der Waals surface area contributed by atoms with Gasteiger partial charge in [0, 0.05) is 49.2 Å². The summed E-state index contributed by atoms with van der Waals surface area (Å²) in [5, 5.41) is 22.7. The summed E-state index contributed by atoms with van der Waals surface area (Å²) in [6.07, 6.45) is 0.530. The Kier molecular flexibility index (Phi) is 19.0. The zero-order chi connectivity index (χ0) is 43.3. The number of para-hydroxylation sites is 1. The molecule has 3 aromatic rings. The van der Waals surface area contributed by atoms with Gasteiger partial charge in [0.15, 0.2) is 0 Å². The number of primary amides is 1. The summed E-state index contributed by atoms with van der Waals surface area (Å²) in [6, 6.07) is 19.1. The Bertz CT molecular complexity index is 1990. The van der Waals surface area contributed by atoms with Crippen LogP contribution in [0.1, 0.15) is 68.2 Å². The van der Waals surface area contributed by atoms with Crippen molar-refractivity contribution in [1.82, 2.24) is 21.3 Å². The van der Waals surface area contributed by atoms with Gasteiger partial charge in [-0.05, 0) is 60.2 Å². The Balaban J connectivity index is 1.12. The number of fused-ring (bicyclic) bond motifs is 2. The van der Waals surface area contributed by atoms with Crippen molar-refractivity contribution in [3.05, 3.63) is 95.1 Å². The number of nitrogens with zero attached hydrogens (tertiary/aromatic N) is 1. The van der Waals surface area contributed by atoms with E-state index in [0.29, 0.717) is 29.9 Å². The first-order valence-corrected chi connectivity index (χ1v) is 20.0. The summed E-state index contributed by atoms with van der Waals surface area (Å²) >= 11 is 0. The van der Waals surface area contributed by atoms with Crippen molar-refractivity contribution in [2.24, 2.45) is 11.7 Å². The van der Waals surface area contributed by atoms with E-state index in [9.17, 15) is 33.9 Å². The highest BCUT2D eigenvalue weighted by molar-refractivity contribution is 5.99. The summed E-state index contributed by atoms with van der Waals surface area (Å²) in [7, 11) is 0. The molecule has 1 unspecified atom stereocenters. The molecule has 0 radical (unpaired) electrons. The molecule has 0 fully saturated rings. The molecule has 8 N–H and O–H groups in total. The number of anilines is 2. The molecule has 320 valence electrons. The predicted octanol–water partition coefficient (Wildman–Crippen LogP) is 2.46. The SMILES string of the molecule is CC(C)C(NC(=O)CCOCCOCCNC(=O)CCC(=O)N1Cc2ccccc2C#Cc2ccccc21)C(=O)N[C@@H](CCCNC(N)=O)C(=O)Nc1ccc(CO)cc1. The Morgan fingerprint density at radius 2 is 1.43 bits per heavy atom. The number of carbonyl (C=O) groups excluding carboxylic acids is 6. The molecule has 16 heteroatoms. The lowest BCUT2D eigenvalue weighted by Gasteiger charge is -2.26. The molecule has 0 aliphatic carbocycles. The molecule has 0 saturated carbocycles. The van der Waals surface area contributed by atoms with Crippen molar-refractivity contribution in [3.63, 3.8) is 0 Å². The molecular formula is C44H55N7O9. The smallest absolute Gasteiger partial charge is 0.312 e. The standard InChI is InChI=1S/C44H55N7O9/c1-30(2)41(43(57)49-36(11-7-22-47-44(45)58)42(56)48-35-17-13-31(29-52)14-18-35)50-39(54)21-24-59-26-27-60-25-23-46-38(53)19-20-40(55)51-28-34-10-4-3-8-32(34)15-16-33-9-5-6-12-37(33)51/h3-6,8-10,12-14,17-18,30,36,41,52H,7,11,19-29H2,1-2H3,(H,46,53)(H,48,56)(H,49,57)(H,50,54)(H3,45,47,58)/t36-,41?/m0/s1. The van der Waals surface area contributed by atoms with Crippen molar-refractivity contribution in [1.29, 1.82) is 0 Å². The van der Waals surface area contributed by atoms with E-state index in [0.717, 1.165) is 16.7 Å². The average molecular weight is 826 g/mol. The third-order valence-electron chi connectivity index (χ3n) is 9.42. The molecule has 1 heterocycles. The maximum Gasteiger partial charge on any atom is 0.312 e. The van der Waals surface area contributed by atoms with Gasteiger partial charge in [-0.1, -0.05) is 68.2 Å². The van der Waals surface area contributed by atoms with Gasteiger partial charge in [0.2, 0.25) is 29.5 Å². The molecular weight excluding hydrogens is 771 g/mol. The van der Waals surface area contributed by atoms with Crippen LogP contribution in [0.3, 0.4) is 0 Å². The number of nitrogens with two attached hydrogens (primary N) is 1. The van der Waals surface area contributed by atoms with E-state index in [2.05, 4.69) is 38.4 Å². The van der Waals surface area contributed by atoms with Crippen molar-refractivity contribution in [3.8, 4) is 11.8 Å². The normalized spacial score (nSPS) is 12.6. The molecule has 0 bridgehead atoms. The number of aliphatic hydroxyl groups excluding tert-OH is 1. The fraction of sp³-hybridized carbons (Fsp3) is 0.409. The number of benzene rings is 3. The van der Waals surface area contributed by atoms with Crippen LogP contribution in [-0.4, -0.2) is 92.3 Å². The zero-order valence-electron chi connectivity index (χ0n) is 34.1. The Morgan fingerprint density at radius 1 is 0.750 bits per heavy atom. The lowest BCUT2D eigenvalue weighted by atomic mass is 10.0. The topological polar surface area (TPSA) is 231 Å². The fourth-order valence-corrected chi connectivity index (χ4v) is 6.15. The van der Waals surface area contributed by atoms with Gasteiger partial charge in [0.25, 0.3) is 0 Å². The summed E-state index contributed by atoms with van der Waals surface area (Å²) < 4.78 is 11.1. The summed E-state index contributed by atoms with van der Waals surface area (Å²) in [5.41, 5.74) is 9.53. The first kappa shape index (κ1) is 46.4. The van der Waals surface area contributed by atoms with E-state index in [4.69, 9.17) is 15.2 Å². The van der Waals surface area contributed by atoms with Gasteiger partial charge in [-0.2, -0.15) is 0 Å². The molecule has 2 atom stereocenters. The molecule has 0 spiro atoms. The minimum absolute atomic E-state index is 0.0169. The van der Waals surface area contributed by atoms with Gasteiger partial charge in [0.05, 0.1) is 45.3 Å². The maximum absolute atomic E-state index is 13.4. The van der Waals surface area contributed by atoms with Gasteiger partial charge >= 0.3 is 6.03 Å². The van der Waals surface area contributed by atoms with E-state index < -0.39 is 35.8 Å². The van der Waals surface area contributed by atoms with Crippen LogP contribution in [0.15, 0.2) is 72.8 Å². The molecule has 16 nitrogen and oxygen atoms in total. The van der Waals surface area contributed by atoms with Crippen LogP contribution in [0.4, 0.5) is 16.2 Å². The molecule has 0 aromatic heterocycles. The van der Waals surface area contributed by atoms with Crippen molar-refractivity contribution in [2.45, 2.75) is 71.2 Å². The number of rotatable bonds is 23. The van der Waals surface area contributed by atoms with Crippen molar-refractivity contribution in [2.75, 3.05) is 49.7 Å². The van der Waals surface area contributed by atoms with Gasteiger partial charge in [-0.25, -0.2) is 4.79 Å². The fourth-order valence-electron chi connectivity index (χ4n) is 6.15. The summed E-state index contributed by atoms with van der Waals surface area (Å²) in [4.78, 5) is 78.0. The third-order valence-corrected chi connectivity index (χ3v) is 9.42. The highest BCUT2D eigenvalue weighted by Crippen LogP contribution is 2.26. The first-order chi connectivity index (χ1) is 28.9. The van der Waals surface area contributed by atoms with Crippen molar-refractivity contribution < 1.29 is 43.3 Å². The number of hydrogen-bond acceptors (Lipinski definition) is 9. The summed E-state index contributed by atoms with van der Waals surface area (Å²) in [5.74, 6) is 4.13. The lowest BCUT2D eigenvalue weighted by molar-refractivity contribution is -0.132. The summed E-state index contributed by atoms with van der Waals surface area (Å²) in [6.45, 7) is 4.87. The van der Waals surface area contributed by atoms with E-state index >= 15 is 0 Å². The minimum atomic E-state index is -0.989. The van der Waals surface area contributed by atoms with Crippen LogP contribution in [-0.2, 0) is 46.6 Å². The second kappa shape index (κ2) is 24.6. The molecule has 0 saturated heterocycles. The van der Waals surface area contributed by atoms with Crippen LogP contribution in [0.2, 0.25) is 0 Å². The molecule has 7 amide bonds. The molecule has 4 rings (SSSR count). The van der Waals surface area contributed by atoms with Gasteiger partial charge in [-0.3, -0.25) is 24.0 Å². The van der Waals surface area contributed by atoms with Gasteiger partial charge in [-0.15, -0.1) is 0 Å². The number of carbonyl (C=O) groups is 6. The van der Waals surface area contributed by atoms with Crippen LogP contribution in [0.5, 0.6) is 0 Å². The van der Waals surface area contributed by atoms with Gasteiger partial charge < -0.3 is 51.8 Å². The third kappa shape index (κ3) is 15.5. The molecule has 1 aliphatic heterocycles. The van der Waals surface area contributed by atoms with Crippen LogP contribution in [0.25, 0.3) is 0 Å². The van der Waals surface area contributed by atoms with Crippen LogP contribution < -0.4 is 37.2 Å². The highest BCUT2D eigenvalue weighted by atomic mass is 16.5. The second-order valence-corrected chi connectivity index (χ2v) is 14.4. The maximum atomic E-state index is 13.4. The van der Waals surface area contributed by atoms with E-state index in [1.54, 1.807) is 43.0 Å². The molecule has 3 aromatic carbocycles. The van der Waals surface area contributed by atoms with Crippen molar-refractivity contribution >= 4 is 46.9 Å². The number of aliphatic hydroxyl groups is 1. The Morgan fingerprint density at radius 3 is 2.15 bits per heavy atom. The number of nitrogens with one attached hydrogen (secondary N) is 5. The molecule has 60 heavy (non-hydrogen) atoms. The second-order valence-electron chi connectivity index (χ2n) is 14.4. The number of hydrogen-bond donors (Lipinski definition) is 7. The van der Waals surface area contributed by atoms with Crippen LogP contribution >= 0.6 is 0 Å². The van der Waals surface area contributed by atoms with E-state index in [1.165, 1.54) is 0 Å². The predicted molar refractivity (Wildman–Crippen MR) is 225 cm³/mol. The lowest BCUT2D eigenvalue weighted by Crippen LogP contribution is -2.54. The van der Waals surface area contributed by atoms with Crippen LogP contribution in [0, 0.1) is 17.8 Å². The molecule has 1 aliphatic rings. The number of urea groups is 1. The van der Waals surface area contributed by atoms with Gasteiger partial charge in [0.1, 0.15) is 12.1 Å². The number of ether oxygens (including phenoxy) is 2. The Hall–Kier alpha value is -6.28. The monoisotopic (exact) mass is 825 g/mol. The average Bonchev–Trinajstić information content (AvgIpc) is 3.23.